The van der Waals surface area contributed by atoms with E-state index in [0.717, 1.165) is 16.8 Å². The van der Waals surface area contributed by atoms with E-state index < -0.39 is 5.97 Å². The van der Waals surface area contributed by atoms with Crippen molar-refractivity contribution in [3.8, 4) is 5.88 Å². The molecular formula is C18H19NO3. The summed E-state index contributed by atoms with van der Waals surface area (Å²) >= 11 is 0. The smallest absolute Gasteiger partial charge is 0.343 e. The number of methoxy groups -OCH3 is 1. The van der Waals surface area contributed by atoms with E-state index >= 15 is 0 Å². The minimum atomic E-state index is -0.391. The minimum Gasteiger partial charge on any atom is -0.480 e. The molecule has 1 heterocycles. The van der Waals surface area contributed by atoms with E-state index in [2.05, 4.69) is 23.2 Å². The molecule has 0 spiro atoms. The molecule has 22 heavy (non-hydrogen) atoms. The lowest BCUT2D eigenvalue weighted by Gasteiger charge is -2.62. The number of carbonyl (C=O) groups excluding carboxylic acids is 1. The number of pyridine rings is 1. The van der Waals surface area contributed by atoms with Crippen molar-refractivity contribution in [3.05, 3.63) is 35.4 Å². The second kappa shape index (κ2) is 4.70. The summed E-state index contributed by atoms with van der Waals surface area (Å²) in [6.45, 7) is 2.12. The SMILES string of the molecule is CCOC(=O)c1cc2ccc(C34CC(C3)C4)cc2nc1OC. The van der Waals surface area contributed by atoms with Crippen molar-refractivity contribution < 1.29 is 14.3 Å². The molecule has 3 saturated carbocycles. The predicted octanol–water partition coefficient (Wildman–Crippen LogP) is 3.47. The molecule has 114 valence electrons. The molecule has 0 atom stereocenters. The molecular weight excluding hydrogens is 278 g/mol. The molecule has 3 aliphatic rings. The van der Waals surface area contributed by atoms with E-state index in [9.17, 15) is 4.79 Å². The third-order valence-corrected chi connectivity index (χ3v) is 5.12. The lowest BCUT2D eigenvalue weighted by atomic mass is 9.42. The molecule has 0 aliphatic heterocycles. The molecule has 0 amide bonds. The van der Waals surface area contributed by atoms with E-state index in [1.807, 2.05) is 6.07 Å². The summed E-state index contributed by atoms with van der Waals surface area (Å²) in [4.78, 5) is 16.5. The van der Waals surface area contributed by atoms with Gasteiger partial charge in [-0.25, -0.2) is 9.78 Å². The van der Waals surface area contributed by atoms with Crippen LogP contribution in [-0.4, -0.2) is 24.7 Å². The van der Waals surface area contributed by atoms with Crippen LogP contribution in [0.2, 0.25) is 0 Å². The van der Waals surface area contributed by atoms with Crippen LogP contribution >= 0.6 is 0 Å². The first-order valence-corrected chi connectivity index (χ1v) is 7.81. The fraction of sp³-hybridized carbons (Fsp3) is 0.444. The Hall–Kier alpha value is -2.10. The Morgan fingerprint density at radius 1 is 1.32 bits per heavy atom. The van der Waals surface area contributed by atoms with Gasteiger partial charge in [0.05, 0.1) is 19.2 Å². The topological polar surface area (TPSA) is 48.4 Å². The van der Waals surface area contributed by atoms with Gasteiger partial charge in [0.1, 0.15) is 5.56 Å². The quantitative estimate of drug-likeness (QED) is 0.811. The monoisotopic (exact) mass is 297 g/mol. The number of aromatic nitrogens is 1. The van der Waals surface area contributed by atoms with Gasteiger partial charge in [-0.3, -0.25) is 0 Å². The van der Waals surface area contributed by atoms with Crippen LogP contribution in [0.1, 0.15) is 42.1 Å². The van der Waals surface area contributed by atoms with Crippen LogP contribution in [0.25, 0.3) is 10.9 Å². The van der Waals surface area contributed by atoms with Gasteiger partial charge in [-0.05, 0) is 55.2 Å². The number of rotatable bonds is 4. The highest BCUT2D eigenvalue weighted by molar-refractivity contribution is 5.96. The van der Waals surface area contributed by atoms with Crippen molar-refractivity contribution in [2.24, 2.45) is 5.92 Å². The van der Waals surface area contributed by atoms with Gasteiger partial charge in [0, 0.05) is 5.39 Å². The Kier molecular flexibility index (Phi) is 2.90. The summed E-state index contributed by atoms with van der Waals surface area (Å²) in [7, 11) is 1.53. The maximum Gasteiger partial charge on any atom is 0.343 e. The van der Waals surface area contributed by atoms with Crippen molar-refractivity contribution >= 4 is 16.9 Å². The molecule has 3 fully saturated rings. The Balaban J connectivity index is 1.78. The van der Waals surface area contributed by atoms with E-state index in [4.69, 9.17) is 9.47 Å². The molecule has 4 nitrogen and oxygen atoms in total. The van der Waals surface area contributed by atoms with Gasteiger partial charge < -0.3 is 9.47 Å². The molecule has 0 saturated heterocycles. The van der Waals surface area contributed by atoms with Gasteiger partial charge in [0.25, 0.3) is 0 Å². The van der Waals surface area contributed by atoms with Gasteiger partial charge in [-0.2, -0.15) is 0 Å². The maximum absolute atomic E-state index is 12.0. The number of ether oxygens (including phenoxy) is 2. The van der Waals surface area contributed by atoms with E-state index in [1.54, 1.807) is 6.92 Å². The first kappa shape index (κ1) is 13.6. The summed E-state index contributed by atoms with van der Waals surface area (Å²) in [5.41, 5.74) is 3.05. The Labute approximate surface area is 129 Å². The molecule has 0 radical (unpaired) electrons. The molecule has 4 heteroatoms. The molecule has 2 bridgehead atoms. The fourth-order valence-electron chi connectivity index (χ4n) is 3.82. The Morgan fingerprint density at radius 2 is 2.09 bits per heavy atom. The molecule has 5 rings (SSSR count). The van der Waals surface area contributed by atoms with Crippen molar-refractivity contribution in [1.82, 2.24) is 4.98 Å². The number of nitrogens with zero attached hydrogens (tertiary/aromatic N) is 1. The van der Waals surface area contributed by atoms with Crippen LogP contribution < -0.4 is 4.74 Å². The minimum absolute atomic E-state index is 0.334. The van der Waals surface area contributed by atoms with Crippen LogP contribution in [0.5, 0.6) is 5.88 Å². The second-order valence-electron chi connectivity index (χ2n) is 6.43. The molecule has 2 aromatic rings. The number of carbonyl (C=O) groups is 1. The number of fused-ring (bicyclic) bond motifs is 1. The first-order valence-electron chi connectivity index (χ1n) is 7.81. The second-order valence-corrected chi connectivity index (χ2v) is 6.43. The van der Waals surface area contributed by atoms with Crippen LogP contribution in [-0.2, 0) is 10.2 Å². The maximum atomic E-state index is 12.0. The van der Waals surface area contributed by atoms with Crippen molar-refractivity contribution in [1.29, 1.82) is 0 Å². The zero-order valence-electron chi connectivity index (χ0n) is 12.9. The number of esters is 1. The lowest BCUT2D eigenvalue weighted by Crippen LogP contribution is -2.55. The zero-order chi connectivity index (χ0) is 15.3. The van der Waals surface area contributed by atoms with Crippen molar-refractivity contribution in [2.75, 3.05) is 13.7 Å². The van der Waals surface area contributed by atoms with Gasteiger partial charge in [0.2, 0.25) is 5.88 Å². The standard InChI is InChI=1S/C18H19NO3/c1-3-22-17(20)14-6-12-4-5-13(18-8-11(9-18)10-18)7-15(12)19-16(14)21-2/h4-7,11H,3,8-10H2,1-2H3. The molecule has 1 aromatic carbocycles. The number of hydrogen-bond donors (Lipinski definition) is 0. The van der Waals surface area contributed by atoms with Gasteiger partial charge in [-0.1, -0.05) is 12.1 Å². The molecule has 3 aliphatic carbocycles. The van der Waals surface area contributed by atoms with Crippen molar-refractivity contribution in [2.45, 2.75) is 31.6 Å². The van der Waals surface area contributed by atoms with Crippen LogP contribution in [0, 0.1) is 5.92 Å². The third-order valence-electron chi connectivity index (χ3n) is 5.12. The summed E-state index contributed by atoms with van der Waals surface area (Å²) in [6, 6.07) is 8.20. The Bertz CT molecular complexity index is 751. The van der Waals surface area contributed by atoms with Crippen LogP contribution in [0.15, 0.2) is 24.3 Å². The summed E-state index contributed by atoms with van der Waals surface area (Å²) in [5, 5.41) is 0.944. The van der Waals surface area contributed by atoms with Gasteiger partial charge >= 0.3 is 5.97 Å². The predicted molar refractivity (Wildman–Crippen MR) is 83.3 cm³/mol. The summed E-state index contributed by atoms with van der Waals surface area (Å²) in [5.74, 6) is 0.891. The third kappa shape index (κ3) is 1.83. The summed E-state index contributed by atoms with van der Waals surface area (Å²) in [6.07, 6.45) is 3.95. The highest BCUT2D eigenvalue weighted by Crippen LogP contribution is 2.65. The molecule has 1 aromatic heterocycles. The first-order chi connectivity index (χ1) is 10.6. The Morgan fingerprint density at radius 3 is 2.68 bits per heavy atom. The summed E-state index contributed by atoms with van der Waals surface area (Å²) < 4.78 is 10.4. The molecule has 0 unspecified atom stereocenters. The molecule has 0 N–H and O–H groups in total. The highest BCUT2D eigenvalue weighted by atomic mass is 16.5. The highest BCUT2D eigenvalue weighted by Gasteiger charge is 2.57. The van der Waals surface area contributed by atoms with Gasteiger partial charge in [0.15, 0.2) is 0 Å². The van der Waals surface area contributed by atoms with E-state index in [-0.39, 0.29) is 0 Å². The average molecular weight is 297 g/mol. The normalized spacial score (nSPS) is 25.3. The van der Waals surface area contributed by atoms with Gasteiger partial charge in [-0.15, -0.1) is 0 Å². The lowest BCUT2D eigenvalue weighted by molar-refractivity contribution is -0.0273. The van der Waals surface area contributed by atoms with Crippen LogP contribution in [0.3, 0.4) is 0 Å². The zero-order valence-corrected chi connectivity index (χ0v) is 12.9. The fourth-order valence-corrected chi connectivity index (χ4v) is 3.82. The van der Waals surface area contributed by atoms with E-state index in [0.29, 0.717) is 23.5 Å². The van der Waals surface area contributed by atoms with Crippen molar-refractivity contribution in [3.63, 3.8) is 0 Å². The number of hydrogen-bond acceptors (Lipinski definition) is 4. The average Bonchev–Trinajstić information content (AvgIpc) is 2.42. The largest absolute Gasteiger partial charge is 0.480 e. The van der Waals surface area contributed by atoms with Crippen LogP contribution in [0.4, 0.5) is 0 Å². The number of benzene rings is 1. The van der Waals surface area contributed by atoms with E-state index in [1.165, 1.54) is 31.9 Å².